The maximum atomic E-state index is 11.2. The van der Waals surface area contributed by atoms with Crippen LogP contribution in [0.25, 0.3) is 21.9 Å². The third-order valence-electron chi connectivity index (χ3n) is 4.76. The molecule has 27 heavy (non-hydrogen) atoms. The Labute approximate surface area is 152 Å². The minimum atomic E-state index is -1.74. The van der Waals surface area contributed by atoms with Crippen LogP contribution in [0.15, 0.2) is 30.5 Å². The third-order valence-corrected chi connectivity index (χ3v) is 4.76. The quantitative estimate of drug-likeness (QED) is 0.406. The SMILES string of the molecule is Cn1c(N[C@@H]2O[C@H](C(=O)O)[C@@H](O)[C@H](O)[C@H]2O)nc2c3cccnc3ccc21. The molecule has 5 N–H and O–H groups in total. The summed E-state index contributed by atoms with van der Waals surface area (Å²) in [7, 11) is 1.75. The maximum absolute atomic E-state index is 11.2. The van der Waals surface area contributed by atoms with Crippen molar-refractivity contribution in [1.29, 1.82) is 0 Å². The van der Waals surface area contributed by atoms with E-state index in [9.17, 15) is 20.1 Å². The second kappa shape index (κ2) is 6.43. The highest BCUT2D eigenvalue weighted by Gasteiger charge is 2.47. The van der Waals surface area contributed by atoms with Crippen molar-refractivity contribution in [3.63, 3.8) is 0 Å². The number of fused-ring (bicyclic) bond motifs is 3. The molecule has 10 heteroatoms. The van der Waals surface area contributed by atoms with Crippen molar-refractivity contribution in [2.24, 2.45) is 7.05 Å². The van der Waals surface area contributed by atoms with Crippen LogP contribution >= 0.6 is 0 Å². The molecule has 1 fully saturated rings. The Kier molecular flexibility index (Phi) is 4.19. The van der Waals surface area contributed by atoms with Crippen LogP contribution in [-0.2, 0) is 16.6 Å². The van der Waals surface area contributed by atoms with E-state index in [1.165, 1.54) is 0 Å². The first kappa shape index (κ1) is 17.6. The van der Waals surface area contributed by atoms with E-state index in [2.05, 4.69) is 15.3 Å². The summed E-state index contributed by atoms with van der Waals surface area (Å²) in [5.74, 6) is -1.14. The summed E-state index contributed by atoms with van der Waals surface area (Å²) in [5.41, 5.74) is 2.23. The zero-order valence-corrected chi connectivity index (χ0v) is 14.2. The van der Waals surface area contributed by atoms with Gasteiger partial charge in [0.15, 0.2) is 12.3 Å². The lowest BCUT2D eigenvalue weighted by Crippen LogP contribution is -2.61. The number of nitrogens with one attached hydrogen (secondary N) is 1. The highest BCUT2D eigenvalue weighted by Crippen LogP contribution is 2.28. The molecule has 0 saturated carbocycles. The summed E-state index contributed by atoms with van der Waals surface area (Å²) in [5, 5.41) is 42.7. The molecule has 5 atom stereocenters. The minimum Gasteiger partial charge on any atom is -0.479 e. The smallest absolute Gasteiger partial charge is 0.335 e. The van der Waals surface area contributed by atoms with Gasteiger partial charge in [-0.3, -0.25) is 4.98 Å². The fourth-order valence-electron chi connectivity index (χ4n) is 3.27. The number of ether oxygens (including phenoxy) is 1. The Morgan fingerprint density at radius 2 is 1.96 bits per heavy atom. The summed E-state index contributed by atoms with van der Waals surface area (Å²) in [6, 6.07) is 7.38. The number of aromatic nitrogens is 3. The van der Waals surface area contributed by atoms with E-state index in [1.54, 1.807) is 23.9 Å². The van der Waals surface area contributed by atoms with Gasteiger partial charge in [-0.15, -0.1) is 0 Å². The number of nitrogens with zero attached hydrogens (tertiary/aromatic N) is 3. The Hall–Kier alpha value is -2.79. The molecule has 1 aromatic carbocycles. The zero-order chi connectivity index (χ0) is 19.3. The van der Waals surface area contributed by atoms with Crippen molar-refractivity contribution >= 4 is 33.9 Å². The molecule has 1 saturated heterocycles. The van der Waals surface area contributed by atoms with Gasteiger partial charge in [0.25, 0.3) is 0 Å². The first-order valence-electron chi connectivity index (χ1n) is 8.27. The third kappa shape index (κ3) is 2.79. The van der Waals surface area contributed by atoms with Crippen LogP contribution in [0.5, 0.6) is 0 Å². The van der Waals surface area contributed by atoms with Gasteiger partial charge in [0, 0.05) is 18.6 Å². The number of aliphatic carboxylic acids is 1. The Bertz CT molecular complexity index is 1020. The molecule has 3 heterocycles. The number of pyridine rings is 1. The van der Waals surface area contributed by atoms with Crippen LogP contribution in [0.4, 0.5) is 5.95 Å². The number of rotatable bonds is 3. The maximum Gasteiger partial charge on any atom is 0.335 e. The van der Waals surface area contributed by atoms with E-state index < -0.39 is 36.6 Å². The van der Waals surface area contributed by atoms with Crippen LogP contribution in [0.3, 0.4) is 0 Å². The Balaban J connectivity index is 1.71. The zero-order valence-electron chi connectivity index (χ0n) is 14.2. The number of hydrogen-bond acceptors (Lipinski definition) is 8. The normalized spacial score (nSPS) is 28.5. The van der Waals surface area contributed by atoms with Crippen molar-refractivity contribution in [3.8, 4) is 0 Å². The van der Waals surface area contributed by atoms with Gasteiger partial charge in [-0.1, -0.05) is 0 Å². The van der Waals surface area contributed by atoms with Crippen LogP contribution < -0.4 is 5.32 Å². The van der Waals surface area contributed by atoms with Gasteiger partial charge in [-0.25, -0.2) is 9.78 Å². The number of aliphatic hydroxyl groups excluding tert-OH is 3. The van der Waals surface area contributed by atoms with Gasteiger partial charge in [0.2, 0.25) is 5.95 Å². The van der Waals surface area contributed by atoms with Crippen LogP contribution in [0, 0.1) is 0 Å². The van der Waals surface area contributed by atoms with Gasteiger partial charge in [-0.05, 0) is 24.3 Å². The van der Waals surface area contributed by atoms with Crippen LogP contribution in [0.1, 0.15) is 0 Å². The first-order valence-corrected chi connectivity index (χ1v) is 8.27. The monoisotopic (exact) mass is 374 g/mol. The minimum absolute atomic E-state index is 0.304. The molecule has 0 bridgehead atoms. The molecular formula is C17H18N4O6. The van der Waals surface area contributed by atoms with E-state index in [-0.39, 0.29) is 0 Å². The van der Waals surface area contributed by atoms with Crippen LogP contribution in [-0.4, -0.2) is 71.6 Å². The molecule has 1 aliphatic heterocycles. The molecular weight excluding hydrogens is 356 g/mol. The standard InChI is InChI=1S/C17H18N4O6/c1-21-9-5-4-8-7(3-2-6-18-8)10(9)19-17(21)20-15-13(24)11(22)12(23)14(27-15)16(25)26/h2-6,11-15,22-24H,1H3,(H,19,20)(H,25,26)/t11-,12-,13+,14-,15+/m0/s1. The van der Waals surface area contributed by atoms with Gasteiger partial charge >= 0.3 is 5.97 Å². The molecule has 3 aromatic rings. The lowest BCUT2D eigenvalue weighted by atomic mass is 9.98. The number of hydrogen-bond donors (Lipinski definition) is 5. The van der Waals surface area contributed by atoms with Gasteiger partial charge < -0.3 is 35.0 Å². The summed E-state index contributed by atoms with van der Waals surface area (Å²) in [4.78, 5) is 20.0. The van der Waals surface area contributed by atoms with Crippen molar-refractivity contribution in [2.45, 2.75) is 30.6 Å². The van der Waals surface area contributed by atoms with E-state index in [0.717, 1.165) is 16.4 Å². The number of carbonyl (C=O) groups is 1. The molecule has 142 valence electrons. The lowest BCUT2D eigenvalue weighted by Gasteiger charge is -2.39. The fourth-order valence-corrected chi connectivity index (χ4v) is 3.27. The molecule has 1 aliphatic rings. The highest BCUT2D eigenvalue weighted by atomic mass is 16.6. The molecule has 10 nitrogen and oxygen atoms in total. The average Bonchev–Trinajstić information content (AvgIpc) is 2.98. The molecule has 4 rings (SSSR count). The summed E-state index contributed by atoms with van der Waals surface area (Å²) in [6.45, 7) is 0. The van der Waals surface area contributed by atoms with Gasteiger partial charge in [0.05, 0.1) is 11.0 Å². The first-order chi connectivity index (χ1) is 12.9. The fraction of sp³-hybridized carbons (Fsp3) is 0.353. The summed E-state index contributed by atoms with van der Waals surface area (Å²) in [6.07, 6.45) is -6.25. The largest absolute Gasteiger partial charge is 0.479 e. The molecule has 0 radical (unpaired) electrons. The molecule has 2 aromatic heterocycles. The lowest BCUT2D eigenvalue weighted by molar-refractivity contribution is -0.221. The Morgan fingerprint density at radius 1 is 1.19 bits per heavy atom. The summed E-state index contributed by atoms with van der Waals surface area (Å²) >= 11 is 0. The number of anilines is 1. The van der Waals surface area contributed by atoms with Gasteiger partial charge in [0.1, 0.15) is 23.8 Å². The van der Waals surface area contributed by atoms with Crippen molar-refractivity contribution < 1.29 is 30.0 Å². The van der Waals surface area contributed by atoms with Crippen molar-refractivity contribution in [3.05, 3.63) is 30.5 Å². The van der Waals surface area contributed by atoms with E-state index >= 15 is 0 Å². The van der Waals surface area contributed by atoms with Crippen molar-refractivity contribution in [1.82, 2.24) is 14.5 Å². The predicted molar refractivity (Wildman–Crippen MR) is 94.0 cm³/mol. The number of imidazole rings is 1. The average molecular weight is 374 g/mol. The molecule has 0 aliphatic carbocycles. The second-order valence-corrected chi connectivity index (χ2v) is 6.43. The van der Waals surface area contributed by atoms with Gasteiger partial charge in [-0.2, -0.15) is 0 Å². The van der Waals surface area contributed by atoms with E-state index in [4.69, 9.17) is 9.84 Å². The molecule has 0 amide bonds. The molecule has 0 unspecified atom stereocenters. The van der Waals surface area contributed by atoms with Crippen LogP contribution in [0.2, 0.25) is 0 Å². The molecule has 0 spiro atoms. The van der Waals surface area contributed by atoms with E-state index in [0.29, 0.717) is 11.5 Å². The topological polar surface area (TPSA) is 150 Å². The number of benzene rings is 1. The highest BCUT2D eigenvalue weighted by molar-refractivity contribution is 6.03. The number of aryl methyl sites for hydroxylation is 1. The number of carboxylic acids is 1. The van der Waals surface area contributed by atoms with E-state index in [1.807, 2.05) is 18.2 Å². The second-order valence-electron chi connectivity index (χ2n) is 6.43. The Morgan fingerprint density at radius 3 is 2.70 bits per heavy atom. The predicted octanol–water partition coefficient (Wildman–Crippen LogP) is -0.574. The van der Waals surface area contributed by atoms with Crippen molar-refractivity contribution in [2.75, 3.05) is 5.32 Å². The number of carboxylic acid groups (broad SMARTS) is 1. The number of aliphatic hydroxyl groups is 3. The summed E-state index contributed by atoms with van der Waals surface area (Å²) < 4.78 is 6.96.